The lowest BCUT2D eigenvalue weighted by Crippen LogP contribution is -2.35. The van der Waals surface area contributed by atoms with Crippen LogP contribution < -0.4 is 10.1 Å². The number of carbonyl (C=O) groups excluding carboxylic acids is 1. The van der Waals surface area contributed by atoms with Crippen LogP contribution in [0.3, 0.4) is 0 Å². The molecule has 8 rings (SSSR count). The number of carbonyl (C=O) groups is 1. The van der Waals surface area contributed by atoms with Gasteiger partial charge >= 0.3 is 0 Å². The Kier molecular flexibility index (Phi) is 9.01. The molecule has 11 heteroatoms. The third-order valence-corrected chi connectivity index (χ3v) is 10.1. The van der Waals surface area contributed by atoms with Crippen molar-refractivity contribution in [1.82, 2.24) is 24.4 Å². The first-order valence-corrected chi connectivity index (χ1v) is 17.5. The number of ether oxygens (including phenoxy) is 2. The summed E-state index contributed by atoms with van der Waals surface area (Å²) >= 11 is 5.88. The van der Waals surface area contributed by atoms with Crippen molar-refractivity contribution < 1.29 is 18.7 Å². The molecular formula is C38H38ClFN6O3. The molecule has 5 heterocycles. The second-order valence-electron chi connectivity index (χ2n) is 13.3. The SMILES string of the molecule is O=C(Nc1ccc2c(c1)nc(CN1CCC(c3cccc(OCc4ccc(Cl)cc4F)n3)CC1)n2CC1CCO1)c1ccc(C2CC2)nc1. The molecule has 0 bridgehead atoms. The van der Waals surface area contributed by atoms with Gasteiger partial charge in [0.2, 0.25) is 5.88 Å². The highest BCUT2D eigenvalue weighted by atomic mass is 35.5. The van der Waals surface area contributed by atoms with Crippen molar-refractivity contribution in [2.24, 2.45) is 0 Å². The maximum Gasteiger partial charge on any atom is 0.257 e. The van der Waals surface area contributed by atoms with E-state index in [9.17, 15) is 9.18 Å². The van der Waals surface area contributed by atoms with Gasteiger partial charge in [0, 0.05) is 58.4 Å². The number of fused-ring (bicyclic) bond motifs is 1. The number of halogens is 2. The minimum atomic E-state index is -0.389. The highest BCUT2D eigenvalue weighted by Crippen LogP contribution is 2.38. The molecule has 0 spiro atoms. The summed E-state index contributed by atoms with van der Waals surface area (Å²) in [7, 11) is 0. The van der Waals surface area contributed by atoms with E-state index in [4.69, 9.17) is 31.0 Å². The average molecular weight is 681 g/mol. The van der Waals surface area contributed by atoms with Gasteiger partial charge in [-0.05, 0) is 93.7 Å². The summed E-state index contributed by atoms with van der Waals surface area (Å²) in [5.41, 5.74) is 5.63. The number of rotatable bonds is 11. The Morgan fingerprint density at radius 2 is 1.80 bits per heavy atom. The maximum absolute atomic E-state index is 14.2. The summed E-state index contributed by atoms with van der Waals surface area (Å²) in [5.74, 6) is 1.77. The van der Waals surface area contributed by atoms with Crippen LogP contribution in [0.2, 0.25) is 5.02 Å². The fourth-order valence-electron chi connectivity index (χ4n) is 6.69. The number of hydrogen-bond acceptors (Lipinski definition) is 7. The zero-order valence-corrected chi connectivity index (χ0v) is 27.9. The monoisotopic (exact) mass is 680 g/mol. The van der Waals surface area contributed by atoms with Gasteiger partial charge in [0.25, 0.3) is 5.91 Å². The van der Waals surface area contributed by atoms with E-state index in [0.29, 0.717) is 39.6 Å². The van der Waals surface area contributed by atoms with E-state index in [2.05, 4.69) is 19.8 Å². The van der Waals surface area contributed by atoms with Gasteiger partial charge in [-0.3, -0.25) is 14.7 Å². The van der Waals surface area contributed by atoms with Gasteiger partial charge in [0.15, 0.2) is 0 Å². The van der Waals surface area contributed by atoms with Crippen molar-refractivity contribution in [3.05, 3.63) is 112 Å². The van der Waals surface area contributed by atoms with Gasteiger partial charge in [0.1, 0.15) is 18.2 Å². The lowest BCUT2D eigenvalue weighted by Gasteiger charge is -2.32. The lowest BCUT2D eigenvalue weighted by atomic mass is 9.93. The number of aromatic nitrogens is 4. The number of nitrogens with one attached hydrogen (secondary N) is 1. The van der Waals surface area contributed by atoms with Gasteiger partial charge in [-0.2, -0.15) is 0 Å². The summed E-state index contributed by atoms with van der Waals surface area (Å²) in [6.45, 7) is 4.17. The molecule has 3 aromatic heterocycles. The van der Waals surface area contributed by atoms with Crippen LogP contribution in [0.5, 0.6) is 5.88 Å². The van der Waals surface area contributed by atoms with Gasteiger partial charge in [-0.1, -0.05) is 23.7 Å². The van der Waals surface area contributed by atoms with E-state index in [1.165, 1.54) is 18.9 Å². The van der Waals surface area contributed by atoms with Crippen LogP contribution in [-0.4, -0.2) is 56.1 Å². The number of hydrogen-bond donors (Lipinski definition) is 1. The van der Waals surface area contributed by atoms with E-state index in [1.807, 2.05) is 48.5 Å². The molecule has 3 aliphatic rings. The first-order valence-electron chi connectivity index (χ1n) is 17.1. The number of benzene rings is 2. The minimum absolute atomic E-state index is 0.0876. The normalized spacial score (nSPS) is 18.4. The molecule has 1 atom stereocenters. The zero-order chi connectivity index (χ0) is 33.3. The minimum Gasteiger partial charge on any atom is -0.473 e. The average Bonchev–Trinajstić information content (AvgIpc) is 3.89. The first-order chi connectivity index (χ1) is 23.9. The molecule has 252 valence electrons. The van der Waals surface area contributed by atoms with Gasteiger partial charge in [-0.15, -0.1) is 0 Å². The second-order valence-corrected chi connectivity index (χ2v) is 13.7. The van der Waals surface area contributed by atoms with Gasteiger partial charge < -0.3 is 19.4 Å². The summed E-state index contributed by atoms with van der Waals surface area (Å²) in [4.78, 5) is 29.8. The van der Waals surface area contributed by atoms with Crippen LogP contribution in [0.15, 0.2) is 72.9 Å². The van der Waals surface area contributed by atoms with E-state index in [1.54, 1.807) is 18.3 Å². The predicted molar refractivity (Wildman–Crippen MR) is 185 cm³/mol. The van der Waals surface area contributed by atoms with Crippen molar-refractivity contribution in [1.29, 1.82) is 0 Å². The summed E-state index contributed by atoms with van der Waals surface area (Å²) in [6, 6.07) is 20.1. The van der Waals surface area contributed by atoms with Crippen molar-refractivity contribution in [3.8, 4) is 5.88 Å². The predicted octanol–water partition coefficient (Wildman–Crippen LogP) is 7.50. The summed E-state index contributed by atoms with van der Waals surface area (Å²) < 4.78 is 28.2. The highest BCUT2D eigenvalue weighted by Gasteiger charge is 2.27. The molecule has 9 nitrogen and oxygen atoms in total. The van der Waals surface area contributed by atoms with Gasteiger partial charge in [-0.25, -0.2) is 14.4 Å². The largest absolute Gasteiger partial charge is 0.473 e. The van der Waals surface area contributed by atoms with Crippen LogP contribution in [0.1, 0.15) is 77.1 Å². The van der Waals surface area contributed by atoms with Crippen molar-refractivity contribution in [3.63, 3.8) is 0 Å². The molecular weight excluding hydrogens is 643 g/mol. The lowest BCUT2D eigenvalue weighted by molar-refractivity contribution is -0.0592. The third-order valence-electron chi connectivity index (χ3n) is 9.82. The van der Waals surface area contributed by atoms with Crippen LogP contribution in [0.25, 0.3) is 11.0 Å². The maximum atomic E-state index is 14.2. The molecule has 1 aliphatic carbocycles. The zero-order valence-electron chi connectivity index (χ0n) is 27.2. The van der Waals surface area contributed by atoms with Crippen LogP contribution >= 0.6 is 11.6 Å². The van der Waals surface area contributed by atoms with E-state index in [0.717, 1.165) is 80.3 Å². The Labute approximate surface area is 289 Å². The van der Waals surface area contributed by atoms with Crippen LogP contribution in [-0.2, 0) is 24.4 Å². The number of likely N-dealkylation sites (tertiary alicyclic amines) is 1. The number of pyridine rings is 2. The third kappa shape index (κ3) is 7.32. The Morgan fingerprint density at radius 1 is 0.959 bits per heavy atom. The van der Waals surface area contributed by atoms with E-state index >= 15 is 0 Å². The van der Waals surface area contributed by atoms with Crippen molar-refractivity contribution >= 4 is 34.2 Å². The molecule has 2 saturated heterocycles. The Morgan fingerprint density at radius 3 is 2.53 bits per heavy atom. The molecule has 1 N–H and O–H groups in total. The Hall–Kier alpha value is -4.38. The smallest absolute Gasteiger partial charge is 0.257 e. The van der Waals surface area contributed by atoms with Crippen molar-refractivity contribution in [2.75, 3.05) is 25.0 Å². The molecule has 1 unspecified atom stereocenters. The topological polar surface area (TPSA) is 94.4 Å². The number of amides is 1. The Balaban J connectivity index is 0.920. The molecule has 1 saturated carbocycles. The second kappa shape index (κ2) is 13.9. The molecule has 2 aromatic carbocycles. The number of nitrogens with zero attached hydrogens (tertiary/aromatic N) is 5. The highest BCUT2D eigenvalue weighted by molar-refractivity contribution is 6.30. The molecule has 0 radical (unpaired) electrons. The fraction of sp³-hybridized carbons (Fsp3) is 0.368. The molecule has 3 fully saturated rings. The number of piperidine rings is 1. The summed E-state index contributed by atoms with van der Waals surface area (Å²) in [5, 5.41) is 3.39. The standard InChI is InChI=1S/C38H38ClFN6O3/c39-28-8-6-27(31(40)18-28)23-49-37-3-1-2-33(44-37)25-12-15-45(16-13-25)22-36-43-34-19-29(9-11-35(34)46(36)21-30-14-17-48-30)42-38(47)26-7-10-32(41-20-26)24-4-5-24/h1-3,6-11,18-20,24-25,30H,4-5,12-17,21-23H2,(H,42,47). The quantitative estimate of drug-likeness (QED) is 0.154. The van der Waals surface area contributed by atoms with Gasteiger partial charge in [0.05, 0.1) is 35.8 Å². The molecule has 2 aliphatic heterocycles. The molecule has 5 aromatic rings. The van der Waals surface area contributed by atoms with Crippen LogP contribution in [0.4, 0.5) is 10.1 Å². The fourth-order valence-corrected chi connectivity index (χ4v) is 6.85. The summed E-state index contributed by atoms with van der Waals surface area (Å²) in [6.07, 6.45) is 7.17. The van der Waals surface area contributed by atoms with Crippen molar-refractivity contribution in [2.45, 2.75) is 69.7 Å². The molecule has 49 heavy (non-hydrogen) atoms. The number of imidazole rings is 1. The van der Waals surface area contributed by atoms with E-state index < -0.39 is 0 Å². The van der Waals surface area contributed by atoms with Crippen LogP contribution in [0, 0.1) is 5.82 Å². The first kappa shape index (κ1) is 31.9. The van der Waals surface area contributed by atoms with E-state index in [-0.39, 0.29) is 24.4 Å². The number of anilines is 1. The molecule has 1 amide bonds. The Bertz CT molecular complexity index is 1970.